The fourth-order valence-electron chi connectivity index (χ4n) is 1.82. The lowest BCUT2D eigenvalue weighted by Gasteiger charge is -2.21. The molecule has 1 heterocycles. The van der Waals surface area contributed by atoms with Gasteiger partial charge in [0.05, 0.1) is 24.0 Å². The number of carbonyl (C=O) groups is 1. The molecular weight excluding hydrogens is 238 g/mol. The summed E-state index contributed by atoms with van der Waals surface area (Å²) in [4.78, 5) is 22.0. The van der Waals surface area contributed by atoms with Crippen LogP contribution in [0.15, 0.2) is 0 Å². The number of rotatable bonds is 4. The molecule has 0 bridgehead atoms. The normalized spacial score (nSPS) is 11.4. The number of carbonyl (C=O) groups excluding carboxylic acids is 1. The van der Waals surface area contributed by atoms with Gasteiger partial charge in [-0.05, 0) is 27.7 Å². The average molecular weight is 255 g/mol. The summed E-state index contributed by atoms with van der Waals surface area (Å²) in [6.45, 7) is 6.85. The lowest BCUT2D eigenvalue weighted by molar-refractivity contribution is -0.386. The quantitative estimate of drug-likeness (QED) is 0.463. The molecule has 0 unspecified atom stereocenters. The third kappa shape index (κ3) is 2.49. The molecule has 0 atom stereocenters. The second kappa shape index (κ2) is 4.75. The second-order valence-corrected chi connectivity index (χ2v) is 4.81. The highest BCUT2D eigenvalue weighted by Gasteiger charge is 2.32. The van der Waals surface area contributed by atoms with Crippen LogP contribution in [0.2, 0.25) is 0 Å². The fourth-order valence-corrected chi connectivity index (χ4v) is 1.82. The molecule has 1 aromatic heterocycles. The van der Waals surface area contributed by atoms with Crippen molar-refractivity contribution in [1.29, 1.82) is 0 Å². The van der Waals surface area contributed by atoms with E-state index < -0.39 is 10.3 Å². The Balaban J connectivity index is 3.10. The SMILES string of the molecule is COC(=O)C(C)(C)Cn1nc(C)c([N+](=O)[O-])c1C. The molecule has 0 amide bonds. The lowest BCUT2D eigenvalue weighted by atomic mass is 9.94. The van der Waals surface area contributed by atoms with Crippen molar-refractivity contribution >= 4 is 11.7 Å². The Kier molecular flexibility index (Phi) is 3.73. The lowest BCUT2D eigenvalue weighted by Crippen LogP contribution is -2.31. The van der Waals surface area contributed by atoms with Gasteiger partial charge in [0.1, 0.15) is 11.4 Å². The average Bonchev–Trinajstić information content (AvgIpc) is 2.52. The predicted molar refractivity (Wildman–Crippen MR) is 64.2 cm³/mol. The molecule has 100 valence electrons. The number of esters is 1. The van der Waals surface area contributed by atoms with Crippen LogP contribution in [0.3, 0.4) is 0 Å². The summed E-state index contributed by atoms with van der Waals surface area (Å²) in [5.41, 5.74) is -0.00503. The van der Waals surface area contributed by atoms with Crippen molar-refractivity contribution in [2.45, 2.75) is 34.2 Å². The van der Waals surface area contributed by atoms with Crippen LogP contribution in [0.1, 0.15) is 25.2 Å². The largest absolute Gasteiger partial charge is 0.469 e. The van der Waals surface area contributed by atoms with Crippen molar-refractivity contribution in [3.63, 3.8) is 0 Å². The molecule has 0 aliphatic rings. The van der Waals surface area contributed by atoms with E-state index in [1.807, 2.05) is 0 Å². The van der Waals surface area contributed by atoms with E-state index in [4.69, 9.17) is 4.74 Å². The number of hydrogen-bond donors (Lipinski definition) is 0. The van der Waals surface area contributed by atoms with Gasteiger partial charge in [0.15, 0.2) is 0 Å². The molecule has 1 aromatic rings. The topological polar surface area (TPSA) is 87.3 Å². The van der Waals surface area contributed by atoms with Crippen LogP contribution in [0.25, 0.3) is 0 Å². The van der Waals surface area contributed by atoms with Crippen molar-refractivity contribution < 1.29 is 14.5 Å². The van der Waals surface area contributed by atoms with E-state index in [2.05, 4.69) is 5.10 Å². The van der Waals surface area contributed by atoms with Crippen molar-refractivity contribution in [3.05, 3.63) is 21.5 Å². The first kappa shape index (κ1) is 14.1. The highest BCUT2D eigenvalue weighted by Crippen LogP contribution is 2.26. The standard InChI is InChI=1S/C11H17N3O4/c1-7-9(14(16)17)8(2)13(12-7)6-11(3,4)10(15)18-5/h6H2,1-5H3. The van der Waals surface area contributed by atoms with Crippen molar-refractivity contribution in [1.82, 2.24) is 9.78 Å². The van der Waals surface area contributed by atoms with Gasteiger partial charge in [0.25, 0.3) is 0 Å². The molecule has 0 radical (unpaired) electrons. The maximum atomic E-state index is 11.6. The summed E-state index contributed by atoms with van der Waals surface area (Å²) in [6.07, 6.45) is 0. The van der Waals surface area contributed by atoms with Gasteiger partial charge in [-0.25, -0.2) is 0 Å². The monoisotopic (exact) mass is 255 g/mol. The summed E-state index contributed by atoms with van der Waals surface area (Å²) < 4.78 is 6.17. The molecule has 0 N–H and O–H groups in total. The van der Waals surface area contributed by atoms with Crippen LogP contribution in [-0.2, 0) is 16.1 Å². The molecule has 18 heavy (non-hydrogen) atoms. The Morgan fingerprint density at radius 1 is 1.50 bits per heavy atom. The highest BCUT2D eigenvalue weighted by atomic mass is 16.6. The summed E-state index contributed by atoms with van der Waals surface area (Å²) in [7, 11) is 1.31. The molecule has 0 spiro atoms. The number of aromatic nitrogens is 2. The Bertz CT molecular complexity index is 491. The minimum atomic E-state index is -0.786. The maximum Gasteiger partial charge on any atom is 0.313 e. The van der Waals surface area contributed by atoms with Crippen LogP contribution in [0, 0.1) is 29.4 Å². The van der Waals surface area contributed by atoms with E-state index in [-0.39, 0.29) is 18.2 Å². The first-order chi connectivity index (χ1) is 8.20. The van der Waals surface area contributed by atoms with Crippen LogP contribution >= 0.6 is 0 Å². The Hall–Kier alpha value is -1.92. The molecule has 0 aliphatic heterocycles. The summed E-state index contributed by atoms with van der Waals surface area (Å²) in [5.74, 6) is -0.377. The third-order valence-corrected chi connectivity index (χ3v) is 2.81. The number of nitrogens with zero attached hydrogens (tertiary/aromatic N) is 3. The van der Waals surface area contributed by atoms with E-state index in [1.54, 1.807) is 27.7 Å². The Morgan fingerprint density at radius 3 is 2.44 bits per heavy atom. The molecular formula is C11H17N3O4. The number of nitro groups is 1. The van der Waals surface area contributed by atoms with Crippen molar-refractivity contribution in [3.8, 4) is 0 Å². The van der Waals surface area contributed by atoms with Gasteiger partial charge in [0, 0.05) is 0 Å². The van der Waals surface area contributed by atoms with Gasteiger partial charge in [0.2, 0.25) is 0 Å². The number of aryl methyl sites for hydroxylation is 1. The van der Waals surface area contributed by atoms with E-state index in [0.717, 1.165) is 0 Å². The first-order valence-electron chi connectivity index (χ1n) is 5.47. The zero-order chi connectivity index (χ0) is 14.1. The first-order valence-corrected chi connectivity index (χ1v) is 5.47. The Labute approximate surface area is 105 Å². The van der Waals surface area contributed by atoms with E-state index in [9.17, 15) is 14.9 Å². The van der Waals surface area contributed by atoms with E-state index in [0.29, 0.717) is 11.4 Å². The van der Waals surface area contributed by atoms with Gasteiger partial charge in [-0.2, -0.15) is 5.10 Å². The van der Waals surface area contributed by atoms with Crippen molar-refractivity contribution in [2.24, 2.45) is 5.41 Å². The fraction of sp³-hybridized carbons (Fsp3) is 0.636. The van der Waals surface area contributed by atoms with Gasteiger partial charge >= 0.3 is 11.7 Å². The summed E-state index contributed by atoms with van der Waals surface area (Å²) in [5, 5.41) is 15.0. The van der Waals surface area contributed by atoms with Crippen LogP contribution in [0.4, 0.5) is 5.69 Å². The molecule has 1 rings (SSSR count). The second-order valence-electron chi connectivity index (χ2n) is 4.81. The number of hydrogen-bond acceptors (Lipinski definition) is 5. The number of methoxy groups -OCH3 is 1. The Morgan fingerprint density at radius 2 is 2.06 bits per heavy atom. The summed E-state index contributed by atoms with van der Waals surface area (Å²) in [6, 6.07) is 0. The maximum absolute atomic E-state index is 11.6. The van der Waals surface area contributed by atoms with Gasteiger partial charge in [-0.15, -0.1) is 0 Å². The van der Waals surface area contributed by atoms with Crippen LogP contribution in [0.5, 0.6) is 0 Å². The molecule has 0 aromatic carbocycles. The molecule has 0 saturated heterocycles. The zero-order valence-corrected chi connectivity index (χ0v) is 11.2. The molecule has 0 saturated carbocycles. The van der Waals surface area contributed by atoms with Crippen LogP contribution in [-0.4, -0.2) is 27.8 Å². The molecule has 0 aliphatic carbocycles. The van der Waals surface area contributed by atoms with Gasteiger partial charge < -0.3 is 4.74 Å². The predicted octanol–water partition coefficient (Wildman–Crippen LogP) is 1.61. The summed E-state index contributed by atoms with van der Waals surface area (Å²) >= 11 is 0. The van der Waals surface area contributed by atoms with Crippen molar-refractivity contribution in [2.75, 3.05) is 7.11 Å². The minimum absolute atomic E-state index is 0.00401. The van der Waals surface area contributed by atoms with E-state index in [1.165, 1.54) is 11.8 Å². The minimum Gasteiger partial charge on any atom is -0.469 e. The van der Waals surface area contributed by atoms with Gasteiger partial charge in [-0.3, -0.25) is 19.6 Å². The van der Waals surface area contributed by atoms with Gasteiger partial charge in [-0.1, -0.05) is 0 Å². The molecule has 0 fully saturated rings. The third-order valence-electron chi connectivity index (χ3n) is 2.81. The molecule has 7 nitrogen and oxygen atoms in total. The smallest absolute Gasteiger partial charge is 0.313 e. The van der Waals surface area contributed by atoms with E-state index >= 15 is 0 Å². The molecule has 7 heteroatoms. The number of ether oxygens (including phenoxy) is 1. The van der Waals surface area contributed by atoms with Crippen LogP contribution < -0.4 is 0 Å². The zero-order valence-electron chi connectivity index (χ0n) is 11.2. The highest BCUT2D eigenvalue weighted by molar-refractivity contribution is 5.75.